The van der Waals surface area contributed by atoms with Crippen molar-refractivity contribution < 1.29 is 4.79 Å². The van der Waals surface area contributed by atoms with Gasteiger partial charge in [-0.3, -0.25) is 9.48 Å². The number of halogens is 1. The van der Waals surface area contributed by atoms with Crippen LogP contribution in [-0.4, -0.2) is 27.7 Å². The van der Waals surface area contributed by atoms with Crippen LogP contribution >= 0.6 is 27.7 Å². The molecule has 2 rings (SSSR count). The summed E-state index contributed by atoms with van der Waals surface area (Å²) in [5.41, 5.74) is 6.67. The van der Waals surface area contributed by atoms with Crippen molar-refractivity contribution in [1.82, 2.24) is 15.2 Å². The number of benzene rings is 1. The van der Waals surface area contributed by atoms with Gasteiger partial charge in [-0.2, -0.15) is 10.2 Å². The van der Waals surface area contributed by atoms with Crippen LogP contribution in [0.25, 0.3) is 0 Å². The van der Waals surface area contributed by atoms with Crippen LogP contribution in [0.15, 0.2) is 33.8 Å². The monoisotopic (exact) mass is 408 g/mol. The van der Waals surface area contributed by atoms with Gasteiger partial charge in [-0.05, 0) is 32.4 Å². The Morgan fingerprint density at radius 1 is 1.42 bits per heavy atom. The van der Waals surface area contributed by atoms with Gasteiger partial charge in [0.05, 0.1) is 17.7 Å². The average molecular weight is 409 g/mol. The second-order valence-corrected chi connectivity index (χ2v) is 7.12. The maximum Gasteiger partial charge on any atom is 0.250 e. The lowest BCUT2D eigenvalue weighted by atomic mass is 10.2. The summed E-state index contributed by atoms with van der Waals surface area (Å²) >= 11 is 5.06. The average Bonchev–Trinajstić information content (AvgIpc) is 2.84. The minimum Gasteiger partial charge on any atom is -0.272 e. The summed E-state index contributed by atoms with van der Waals surface area (Å²) in [6, 6.07) is 8.02. The van der Waals surface area contributed by atoms with Crippen LogP contribution in [-0.2, 0) is 17.1 Å². The van der Waals surface area contributed by atoms with Gasteiger partial charge in [0.1, 0.15) is 0 Å². The Balaban J connectivity index is 1.81. The number of thioether (sulfide) groups is 1. The Morgan fingerprint density at radius 2 is 2.17 bits per heavy atom. The number of amides is 1. The first-order chi connectivity index (χ1) is 11.5. The maximum atomic E-state index is 11.9. The second-order valence-electron chi connectivity index (χ2n) is 5.28. The van der Waals surface area contributed by atoms with Crippen LogP contribution in [0, 0.1) is 13.8 Å². The van der Waals surface area contributed by atoms with Crippen molar-refractivity contribution >= 4 is 39.8 Å². The van der Waals surface area contributed by atoms with Crippen LogP contribution in [0.3, 0.4) is 0 Å². The molecule has 0 spiro atoms. The van der Waals surface area contributed by atoms with E-state index in [2.05, 4.69) is 31.6 Å². The number of carbonyl (C=O) groups excluding carboxylic acids is 1. The lowest BCUT2D eigenvalue weighted by Gasteiger charge is -2.03. The molecule has 0 saturated heterocycles. The van der Waals surface area contributed by atoms with Crippen LogP contribution in [0.4, 0.5) is 0 Å². The Kier molecular flexibility index (Phi) is 7.05. The normalized spacial score (nSPS) is 11.2. The smallest absolute Gasteiger partial charge is 0.250 e. The van der Waals surface area contributed by atoms with Gasteiger partial charge in [0.25, 0.3) is 0 Å². The van der Waals surface area contributed by atoms with E-state index in [4.69, 9.17) is 0 Å². The van der Waals surface area contributed by atoms with Gasteiger partial charge in [-0.25, -0.2) is 5.43 Å². The summed E-state index contributed by atoms with van der Waals surface area (Å²) in [7, 11) is 0. The molecule has 1 heterocycles. The number of carbonyl (C=O) groups is 1. The Morgan fingerprint density at radius 3 is 2.83 bits per heavy atom. The Hall–Kier alpha value is -1.60. The van der Waals surface area contributed by atoms with Crippen molar-refractivity contribution in [3.63, 3.8) is 0 Å². The number of hydrogen-bond donors (Lipinski definition) is 1. The lowest BCUT2D eigenvalue weighted by molar-refractivity contribution is -0.118. The molecular formula is C17H21BrN4OS. The molecule has 0 atom stereocenters. The van der Waals surface area contributed by atoms with Gasteiger partial charge in [0.15, 0.2) is 0 Å². The van der Waals surface area contributed by atoms with E-state index in [0.29, 0.717) is 5.75 Å². The van der Waals surface area contributed by atoms with Crippen molar-refractivity contribution in [3.05, 3.63) is 51.3 Å². The molecule has 0 aliphatic carbocycles. The zero-order valence-corrected chi connectivity index (χ0v) is 16.4. The number of nitrogens with one attached hydrogen (secondary N) is 1. The number of aromatic nitrogens is 2. The molecular weight excluding hydrogens is 388 g/mol. The molecule has 24 heavy (non-hydrogen) atoms. The number of hydrogen-bond acceptors (Lipinski definition) is 4. The van der Waals surface area contributed by atoms with Crippen molar-refractivity contribution in [1.29, 1.82) is 0 Å². The molecule has 5 nitrogen and oxygen atoms in total. The molecule has 0 unspecified atom stereocenters. The Labute approximate surface area is 155 Å². The summed E-state index contributed by atoms with van der Waals surface area (Å²) in [5, 5.41) is 8.48. The van der Waals surface area contributed by atoms with Crippen molar-refractivity contribution in [3.8, 4) is 0 Å². The first-order valence-electron chi connectivity index (χ1n) is 7.70. The second kappa shape index (κ2) is 9.03. The summed E-state index contributed by atoms with van der Waals surface area (Å²) in [4.78, 5) is 11.9. The van der Waals surface area contributed by atoms with E-state index in [9.17, 15) is 4.79 Å². The summed E-state index contributed by atoms with van der Waals surface area (Å²) < 4.78 is 2.99. The highest BCUT2D eigenvalue weighted by Gasteiger charge is 2.08. The van der Waals surface area contributed by atoms with Gasteiger partial charge in [-0.1, -0.05) is 34.1 Å². The number of aryl methyl sites for hydroxylation is 2. The van der Waals surface area contributed by atoms with Crippen molar-refractivity contribution in [2.75, 3.05) is 5.75 Å². The third-order valence-corrected chi connectivity index (χ3v) is 5.32. The predicted octanol–water partition coefficient (Wildman–Crippen LogP) is 3.67. The van der Waals surface area contributed by atoms with E-state index in [1.807, 2.05) is 49.7 Å². The van der Waals surface area contributed by atoms with Gasteiger partial charge >= 0.3 is 0 Å². The van der Waals surface area contributed by atoms with Gasteiger partial charge < -0.3 is 0 Å². The van der Waals surface area contributed by atoms with Crippen LogP contribution in [0.2, 0.25) is 0 Å². The number of nitrogens with zero attached hydrogens (tertiary/aromatic N) is 3. The molecule has 1 N–H and O–H groups in total. The fraction of sp³-hybridized carbons (Fsp3) is 0.353. The molecule has 1 aromatic carbocycles. The lowest BCUT2D eigenvalue weighted by Crippen LogP contribution is -2.19. The molecule has 0 saturated carbocycles. The maximum absolute atomic E-state index is 11.9. The Bertz CT molecular complexity index is 742. The molecule has 2 aromatic rings. The molecule has 0 aliphatic rings. The SMILES string of the molecule is CCn1nc(C)c(C=NNC(=O)CSCc2ccccc2Br)c1C. The van der Waals surface area contributed by atoms with E-state index in [0.717, 1.165) is 33.7 Å². The number of rotatable bonds is 7. The van der Waals surface area contributed by atoms with Crippen molar-refractivity contribution in [2.45, 2.75) is 33.1 Å². The van der Waals surface area contributed by atoms with Crippen molar-refractivity contribution in [2.24, 2.45) is 5.10 Å². The molecule has 1 aromatic heterocycles. The van der Waals surface area contributed by atoms with Gasteiger partial charge in [0.2, 0.25) is 5.91 Å². The summed E-state index contributed by atoms with van der Waals surface area (Å²) in [5.74, 6) is 1.03. The summed E-state index contributed by atoms with van der Waals surface area (Å²) in [6.45, 7) is 6.80. The number of hydrazone groups is 1. The minimum absolute atomic E-state index is 0.110. The predicted molar refractivity (Wildman–Crippen MR) is 103 cm³/mol. The van der Waals surface area contributed by atoms with Gasteiger partial charge in [-0.15, -0.1) is 11.8 Å². The van der Waals surface area contributed by atoms with E-state index in [1.54, 1.807) is 18.0 Å². The molecule has 128 valence electrons. The minimum atomic E-state index is -0.110. The third kappa shape index (κ3) is 4.95. The summed E-state index contributed by atoms with van der Waals surface area (Å²) in [6.07, 6.45) is 1.67. The topological polar surface area (TPSA) is 59.3 Å². The molecule has 0 fully saturated rings. The fourth-order valence-corrected chi connectivity index (χ4v) is 3.71. The zero-order valence-electron chi connectivity index (χ0n) is 14.0. The quantitative estimate of drug-likeness (QED) is 0.561. The highest BCUT2D eigenvalue weighted by molar-refractivity contribution is 9.10. The first kappa shape index (κ1) is 18.7. The highest BCUT2D eigenvalue weighted by Crippen LogP contribution is 2.21. The van der Waals surface area contributed by atoms with Crippen LogP contribution in [0.5, 0.6) is 0 Å². The van der Waals surface area contributed by atoms with E-state index < -0.39 is 0 Å². The van der Waals surface area contributed by atoms with E-state index in [1.165, 1.54) is 5.56 Å². The van der Waals surface area contributed by atoms with Crippen LogP contribution < -0.4 is 5.43 Å². The van der Waals surface area contributed by atoms with E-state index in [-0.39, 0.29) is 5.91 Å². The van der Waals surface area contributed by atoms with Gasteiger partial charge in [0, 0.05) is 28.0 Å². The molecule has 0 bridgehead atoms. The fourth-order valence-electron chi connectivity index (χ4n) is 2.28. The standard InChI is InChI=1S/C17H21BrN4OS/c1-4-22-13(3)15(12(2)21-22)9-19-20-17(23)11-24-10-14-7-5-6-8-16(14)18/h5-9H,4,10-11H2,1-3H3,(H,20,23). The molecule has 0 radical (unpaired) electrons. The first-order valence-corrected chi connectivity index (χ1v) is 9.64. The molecule has 1 amide bonds. The molecule has 7 heteroatoms. The zero-order chi connectivity index (χ0) is 17.5. The highest BCUT2D eigenvalue weighted by atomic mass is 79.9. The van der Waals surface area contributed by atoms with E-state index >= 15 is 0 Å². The largest absolute Gasteiger partial charge is 0.272 e. The third-order valence-electron chi connectivity index (χ3n) is 3.57. The van der Waals surface area contributed by atoms with Crippen LogP contribution in [0.1, 0.15) is 29.4 Å². The molecule has 0 aliphatic heterocycles.